The van der Waals surface area contributed by atoms with Gasteiger partial charge in [0.25, 0.3) is 5.91 Å². The molecule has 8 nitrogen and oxygen atoms in total. The van der Waals surface area contributed by atoms with E-state index in [4.69, 9.17) is 10.2 Å². The Balaban J connectivity index is 1.38. The van der Waals surface area contributed by atoms with Crippen molar-refractivity contribution >= 4 is 23.1 Å². The molecule has 7 rings (SSSR count). The molecule has 0 saturated carbocycles. The fourth-order valence-corrected chi connectivity index (χ4v) is 6.18. The van der Waals surface area contributed by atoms with Crippen molar-refractivity contribution in [2.45, 2.75) is 25.4 Å². The molecule has 4 aromatic rings. The summed E-state index contributed by atoms with van der Waals surface area (Å²) in [5.74, 6) is -0.651. The van der Waals surface area contributed by atoms with E-state index in [1.165, 1.54) is 11.9 Å². The van der Waals surface area contributed by atoms with Crippen molar-refractivity contribution in [1.82, 2.24) is 20.1 Å². The number of para-hydroxylation sites is 1. The first-order valence-corrected chi connectivity index (χ1v) is 14.3. The molecule has 0 fully saturated rings. The number of carbonyl (C=O) groups is 2. The van der Waals surface area contributed by atoms with Gasteiger partial charge in [0.1, 0.15) is 5.76 Å². The van der Waals surface area contributed by atoms with Gasteiger partial charge in [-0.25, -0.2) is 9.69 Å². The minimum Gasteiger partial charge on any atom is -0.508 e. The van der Waals surface area contributed by atoms with Crippen molar-refractivity contribution in [3.05, 3.63) is 138 Å². The average molecular weight is 568 g/mol. The number of allylic oxidation sites excluding steroid dienone is 1. The number of carbonyl (C=O) groups excluding carboxylic acids is 2. The highest BCUT2D eigenvalue weighted by Gasteiger charge is 2.42. The SMILES string of the molecule is CC(=O)N1N=C(C2=C(c3ccccc3)C3C=C(O)C=CC3NC2=O)CC1c1cn(-c2ccccc2)nc1-c1ccccc1. The van der Waals surface area contributed by atoms with Gasteiger partial charge in [-0.2, -0.15) is 10.2 Å². The molecule has 212 valence electrons. The molecule has 8 heteroatoms. The molecule has 0 spiro atoms. The Morgan fingerprint density at radius 1 is 0.930 bits per heavy atom. The van der Waals surface area contributed by atoms with Crippen LogP contribution in [0.3, 0.4) is 0 Å². The number of aliphatic hydroxyl groups is 1. The largest absolute Gasteiger partial charge is 0.508 e. The maximum atomic E-state index is 13.8. The zero-order chi connectivity index (χ0) is 29.5. The molecule has 0 saturated heterocycles. The minimum atomic E-state index is -0.481. The first kappa shape index (κ1) is 26.4. The van der Waals surface area contributed by atoms with E-state index in [2.05, 4.69) is 5.32 Å². The number of hydrogen-bond acceptors (Lipinski definition) is 5. The van der Waals surface area contributed by atoms with Gasteiger partial charge in [-0.3, -0.25) is 9.59 Å². The van der Waals surface area contributed by atoms with Crippen molar-refractivity contribution in [2.24, 2.45) is 11.0 Å². The number of hydrazone groups is 1. The van der Waals surface area contributed by atoms with Crippen LogP contribution in [0.2, 0.25) is 0 Å². The van der Waals surface area contributed by atoms with Crippen LogP contribution in [0.25, 0.3) is 22.5 Å². The maximum absolute atomic E-state index is 13.8. The topological polar surface area (TPSA) is 99.8 Å². The smallest absolute Gasteiger partial charge is 0.254 e. The fourth-order valence-electron chi connectivity index (χ4n) is 6.18. The lowest BCUT2D eigenvalue weighted by Gasteiger charge is -2.34. The number of aromatic nitrogens is 2. The Kier molecular flexibility index (Phi) is 6.58. The van der Waals surface area contributed by atoms with Crippen LogP contribution < -0.4 is 5.32 Å². The van der Waals surface area contributed by atoms with Gasteiger partial charge in [-0.05, 0) is 35.4 Å². The van der Waals surface area contributed by atoms with Gasteiger partial charge in [0, 0.05) is 36.6 Å². The Morgan fingerprint density at radius 3 is 2.26 bits per heavy atom. The molecule has 2 N–H and O–H groups in total. The van der Waals surface area contributed by atoms with Crippen LogP contribution in [-0.2, 0) is 9.59 Å². The van der Waals surface area contributed by atoms with Crippen LogP contribution in [-0.4, -0.2) is 43.5 Å². The first-order valence-electron chi connectivity index (χ1n) is 14.3. The van der Waals surface area contributed by atoms with Gasteiger partial charge in [-0.1, -0.05) is 84.9 Å². The summed E-state index contributed by atoms with van der Waals surface area (Å²) in [4.78, 5) is 26.9. The van der Waals surface area contributed by atoms with Crippen LogP contribution in [0.5, 0.6) is 0 Å². The molecule has 2 aliphatic heterocycles. The fraction of sp³-hybridized carbons (Fsp3) is 0.143. The maximum Gasteiger partial charge on any atom is 0.254 e. The van der Waals surface area contributed by atoms with Crippen LogP contribution >= 0.6 is 0 Å². The van der Waals surface area contributed by atoms with Crippen LogP contribution in [0.4, 0.5) is 0 Å². The molecule has 3 aromatic carbocycles. The monoisotopic (exact) mass is 567 g/mol. The van der Waals surface area contributed by atoms with Gasteiger partial charge < -0.3 is 10.4 Å². The lowest BCUT2D eigenvalue weighted by atomic mass is 9.76. The standard InChI is InChI=1S/C35H29N5O3/c1-22(41)40-31(28-21-39(25-15-9-4-10-16-25)38-34(28)24-13-7-3-8-14-24)20-30(37-40)33-32(23-11-5-2-6-12-23)27-19-26(42)17-18-29(27)36-35(33)43/h2-19,21,27,29,31,42H,20H2,1H3,(H,36,43). The van der Waals surface area contributed by atoms with Gasteiger partial charge in [0.2, 0.25) is 5.91 Å². The Morgan fingerprint density at radius 2 is 1.58 bits per heavy atom. The van der Waals surface area contributed by atoms with Crippen molar-refractivity contribution in [3.8, 4) is 16.9 Å². The van der Waals surface area contributed by atoms with Gasteiger partial charge in [-0.15, -0.1) is 0 Å². The third-order valence-corrected chi connectivity index (χ3v) is 8.11. The Labute approximate surface area is 249 Å². The van der Waals surface area contributed by atoms with E-state index in [1.807, 2.05) is 108 Å². The molecule has 1 aliphatic carbocycles. The molecule has 43 heavy (non-hydrogen) atoms. The predicted molar refractivity (Wildman–Crippen MR) is 165 cm³/mol. The third-order valence-electron chi connectivity index (χ3n) is 8.11. The average Bonchev–Trinajstić information content (AvgIpc) is 3.67. The molecule has 3 aliphatic rings. The Bertz CT molecular complexity index is 1840. The molecule has 3 atom stereocenters. The second-order valence-electron chi connectivity index (χ2n) is 10.8. The van der Waals surface area contributed by atoms with E-state index in [0.29, 0.717) is 17.7 Å². The van der Waals surface area contributed by atoms with E-state index < -0.39 is 6.04 Å². The number of amides is 2. The molecule has 0 bridgehead atoms. The molecule has 1 aromatic heterocycles. The highest BCUT2D eigenvalue weighted by atomic mass is 16.3. The minimum absolute atomic E-state index is 0.141. The number of rotatable bonds is 5. The van der Waals surface area contributed by atoms with Gasteiger partial charge >= 0.3 is 0 Å². The van der Waals surface area contributed by atoms with Gasteiger partial charge in [0.15, 0.2) is 0 Å². The van der Waals surface area contributed by atoms with Crippen molar-refractivity contribution in [1.29, 1.82) is 0 Å². The summed E-state index contributed by atoms with van der Waals surface area (Å²) in [6.45, 7) is 1.49. The summed E-state index contributed by atoms with van der Waals surface area (Å²) in [7, 11) is 0. The summed E-state index contributed by atoms with van der Waals surface area (Å²) >= 11 is 0. The van der Waals surface area contributed by atoms with E-state index >= 15 is 0 Å². The molecule has 3 unspecified atom stereocenters. The number of hydrogen-bond donors (Lipinski definition) is 2. The molecule has 0 radical (unpaired) electrons. The Hall–Kier alpha value is -5.50. The molecular weight excluding hydrogens is 538 g/mol. The summed E-state index contributed by atoms with van der Waals surface area (Å²) < 4.78 is 1.82. The quantitative estimate of drug-likeness (QED) is 0.320. The summed E-state index contributed by atoms with van der Waals surface area (Å²) in [6, 6.07) is 28.6. The lowest BCUT2D eigenvalue weighted by molar-refractivity contribution is -0.130. The number of nitrogens with one attached hydrogen (secondary N) is 1. The van der Waals surface area contributed by atoms with Crippen LogP contribution in [0, 0.1) is 5.92 Å². The summed E-state index contributed by atoms with van der Waals surface area (Å²) in [6.07, 6.45) is 7.45. The second-order valence-corrected chi connectivity index (χ2v) is 10.8. The van der Waals surface area contributed by atoms with Gasteiger partial charge in [0.05, 0.1) is 34.7 Å². The number of fused-ring (bicyclic) bond motifs is 1. The zero-order valence-corrected chi connectivity index (χ0v) is 23.5. The van der Waals surface area contributed by atoms with Crippen LogP contribution in [0.1, 0.15) is 30.5 Å². The lowest BCUT2D eigenvalue weighted by Crippen LogP contribution is -2.46. The molecule has 2 amide bonds. The first-order chi connectivity index (χ1) is 21.0. The van der Waals surface area contributed by atoms with Crippen LogP contribution in [0.15, 0.2) is 132 Å². The third kappa shape index (κ3) is 4.76. The highest BCUT2D eigenvalue weighted by molar-refractivity contribution is 6.28. The zero-order valence-electron chi connectivity index (χ0n) is 23.5. The normalized spacial score (nSPS) is 21.3. The van der Waals surface area contributed by atoms with E-state index in [1.54, 1.807) is 12.2 Å². The number of benzene rings is 3. The predicted octanol–water partition coefficient (Wildman–Crippen LogP) is 5.77. The molecular formula is C35H29N5O3. The van der Waals surface area contributed by atoms with E-state index in [9.17, 15) is 14.7 Å². The highest BCUT2D eigenvalue weighted by Crippen LogP contribution is 2.43. The van der Waals surface area contributed by atoms with E-state index in [-0.39, 0.29) is 29.5 Å². The molecule has 3 heterocycles. The van der Waals surface area contributed by atoms with Crippen molar-refractivity contribution in [3.63, 3.8) is 0 Å². The summed E-state index contributed by atoms with van der Waals surface area (Å²) in [5, 5.41) is 24.7. The number of aliphatic hydroxyl groups excluding tert-OH is 1. The summed E-state index contributed by atoms with van der Waals surface area (Å²) in [5.41, 5.74) is 5.97. The number of nitrogens with zero attached hydrogens (tertiary/aromatic N) is 4. The van der Waals surface area contributed by atoms with Crippen molar-refractivity contribution < 1.29 is 14.7 Å². The second kappa shape index (κ2) is 10.7. The van der Waals surface area contributed by atoms with E-state index in [0.717, 1.165) is 33.6 Å². The van der Waals surface area contributed by atoms with Crippen molar-refractivity contribution in [2.75, 3.05) is 0 Å².